The summed E-state index contributed by atoms with van der Waals surface area (Å²) in [6, 6.07) is 0.684. The predicted molar refractivity (Wildman–Crippen MR) is 51.3 cm³/mol. The van der Waals surface area contributed by atoms with Gasteiger partial charge in [-0.2, -0.15) is 0 Å². The van der Waals surface area contributed by atoms with Crippen LogP contribution >= 0.6 is 0 Å². The van der Waals surface area contributed by atoms with Crippen LogP contribution < -0.4 is 0 Å². The zero-order chi connectivity index (χ0) is 9.30. The van der Waals surface area contributed by atoms with Crippen LogP contribution in [0.3, 0.4) is 0 Å². The molecule has 0 aliphatic carbocycles. The Morgan fingerprint density at radius 1 is 1.17 bits per heavy atom. The maximum atomic E-state index is 5.75. The van der Waals surface area contributed by atoms with Crippen molar-refractivity contribution >= 4 is 0 Å². The molecule has 0 radical (unpaired) electrons. The Morgan fingerprint density at radius 3 is 2.25 bits per heavy atom. The molecule has 1 fully saturated rings. The topological polar surface area (TPSA) is 12.5 Å². The van der Waals surface area contributed by atoms with Gasteiger partial charge in [0.05, 0.1) is 12.2 Å². The van der Waals surface area contributed by atoms with Crippen LogP contribution in [-0.4, -0.2) is 37.2 Å². The first kappa shape index (κ1) is 10.0. The van der Waals surface area contributed by atoms with Gasteiger partial charge in [0.15, 0.2) is 0 Å². The molecule has 0 spiro atoms. The molecule has 12 heavy (non-hydrogen) atoms. The zero-order valence-electron chi connectivity index (χ0n) is 8.87. The molecular formula is C10H21NO. The van der Waals surface area contributed by atoms with Crippen LogP contribution in [0.1, 0.15) is 27.2 Å². The van der Waals surface area contributed by atoms with Gasteiger partial charge in [-0.25, -0.2) is 0 Å². The second-order valence-corrected chi connectivity index (χ2v) is 4.28. The van der Waals surface area contributed by atoms with E-state index < -0.39 is 0 Å². The second kappa shape index (κ2) is 3.75. The van der Waals surface area contributed by atoms with Crippen LogP contribution in [0.4, 0.5) is 0 Å². The van der Waals surface area contributed by atoms with E-state index in [1.807, 2.05) is 0 Å². The van der Waals surface area contributed by atoms with Gasteiger partial charge < -0.3 is 9.64 Å². The third kappa shape index (κ3) is 1.99. The minimum absolute atomic E-state index is 0.404. The smallest absolute Gasteiger partial charge is 0.0591 e. The van der Waals surface area contributed by atoms with Gasteiger partial charge in [0.25, 0.3) is 0 Å². The fourth-order valence-corrected chi connectivity index (χ4v) is 2.09. The average Bonchev–Trinajstić information content (AvgIpc) is 1.96. The van der Waals surface area contributed by atoms with Crippen LogP contribution in [0.5, 0.6) is 0 Å². The third-order valence-electron chi connectivity index (χ3n) is 3.03. The molecule has 0 saturated carbocycles. The first-order valence-corrected chi connectivity index (χ1v) is 4.84. The van der Waals surface area contributed by atoms with E-state index in [2.05, 4.69) is 39.8 Å². The summed E-state index contributed by atoms with van der Waals surface area (Å²) >= 11 is 0. The van der Waals surface area contributed by atoms with Crippen molar-refractivity contribution in [2.24, 2.45) is 5.92 Å². The quantitative estimate of drug-likeness (QED) is 0.596. The molecule has 1 saturated heterocycles. The molecule has 2 heteroatoms. The predicted octanol–water partition coefficient (Wildman–Crippen LogP) is 1.75. The number of hydrogen-bond donors (Lipinski definition) is 0. The van der Waals surface area contributed by atoms with E-state index in [0.29, 0.717) is 24.2 Å². The first-order chi connectivity index (χ1) is 5.52. The van der Waals surface area contributed by atoms with E-state index in [-0.39, 0.29) is 0 Å². The van der Waals surface area contributed by atoms with Gasteiger partial charge in [-0.3, -0.25) is 0 Å². The zero-order valence-corrected chi connectivity index (χ0v) is 8.87. The average molecular weight is 171 g/mol. The maximum Gasteiger partial charge on any atom is 0.0591 e. The molecule has 1 rings (SSSR count). The lowest BCUT2D eigenvalue weighted by Crippen LogP contribution is -2.47. The van der Waals surface area contributed by atoms with Crippen LogP contribution in [0.15, 0.2) is 0 Å². The summed E-state index contributed by atoms with van der Waals surface area (Å²) in [5, 5.41) is 0. The minimum atomic E-state index is 0.404. The fraction of sp³-hybridized carbons (Fsp3) is 1.00. The Morgan fingerprint density at radius 2 is 1.75 bits per heavy atom. The summed E-state index contributed by atoms with van der Waals surface area (Å²) in [7, 11) is 4.32. The minimum Gasteiger partial charge on any atom is -0.375 e. The number of hydrogen-bond acceptors (Lipinski definition) is 2. The van der Waals surface area contributed by atoms with E-state index in [0.717, 1.165) is 0 Å². The highest BCUT2D eigenvalue weighted by Gasteiger charge is 2.32. The Labute approximate surface area is 75.9 Å². The lowest BCUT2D eigenvalue weighted by molar-refractivity contribution is -0.0921. The Balaban J connectivity index is 2.60. The van der Waals surface area contributed by atoms with E-state index in [9.17, 15) is 0 Å². The normalized spacial score (nSPS) is 43.5. The molecule has 0 aromatic heterocycles. The van der Waals surface area contributed by atoms with E-state index in [4.69, 9.17) is 4.74 Å². The molecule has 0 aromatic rings. The Kier molecular flexibility index (Phi) is 3.13. The highest BCUT2D eigenvalue weighted by atomic mass is 16.5. The number of nitrogens with zero attached hydrogens (tertiary/aromatic N) is 1. The standard InChI is InChI=1S/C10H21NO/c1-7-6-10(11(4)5)8(2)9(3)12-7/h7-10H,6H2,1-5H3/t7-,8+,9?,10+/m1/s1. The van der Waals surface area contributed by atoms with Gasteiger partial charge >= 0.3 is 0 Å². The molecule has 0 bridgehead atoms. The molecule has 72 valence electrons. The van der Waals surface area contributed by atoms with E-state index >= 15 is 0 Å². The molecule has 0 aromatic carbocycles. The van der Waals surface area contributed by atoms with Gasteiger partial charge in [0.1, 0.15) is 0 Å². The number of rotatable bonds is 1. The molecule has 2 nitrogen and oxygen atoms in total. The van der Waals surface area contributed by atoms with Crippen molar-refractivity contribution < 1.29 is 4.74 Å². The SMILES string of the molecule is CC1O[C@H](C)C[C@H](N(C)C)[C@H]1C. The Hall–Kier alpha value is -0.0800. The molecule has 1 unspecified atom stereocenters. The fourth-order valence-electron chi connectivity index (χ4n) is 2.09. The van der Waals surface area contributed by atoms with E-state index in [1.165, 1.54) is 6.42 Å². The summed E-state index contributed by atoms with van der Waals surface area (Å²) in [6.45, 7) is 6.62. The largest absolute Gasteiger partial charge is 0.375 e. The van der Waals surface area contributed by atoms with Crippen molar-refractivity contribution in [1.29, 1.82) is 0 Å². The first-order valence-electron chi connectivity index (χ1n) is 4.84. The van der Waals surface area contributed by atoms with Gasteiger partial charge in [-0.15, -0.1) is 0 Å². The van der Waals surface area contributed by atoms with Crippen molar-refractivity contribution in [3.63, 3.8) is 0 Å². The summed E-state index contributed by atoms with van der Waals surface area (Å²) in [4.78, 5) is 2.32. The van der Waals surface area contributed by atoms with Gasteiger partial charge in [0, 0.05) is 6.04 Å². The summed E-state index contributed by atoms with van der Waals surface area (Å²) in [6.07, 6.45) is 1.99. The summed E-state index contributed by atoms with van der Waals surface area (Å²) in [5.74, 6) is 0.649. The van der Waals surface area contributed by atoms with Gasteiger partial charge in [-0.05, 0) is 40.3 Å². The molecule has 0 amide bonds. The Bertz CT molecular complexity index is 147. The van der Waals surface area contributed by atoms with Crippen molar-refractivity contribution in [3.05, 3.63) is 0 Å². The monoisotopic (exact) mass is 171 g/mol. The van der Waals surface area contributed by atoms with Crippen molar-refractivity contribution in [1.82, 2.24) is 4.90 Å². The van der Waals surface area contributed by atoms with Crippen LogP contribution in [0, 0.1) is 5.92 Å². The summed E-state index contributed by atoms with van der Waals surface area (Å²) < 4.78 is 5.75. The molecule has 4 atom stereocenters. The highest BCUT2D eigenvalue weighted by molar-refractivity contribution is 4.84. The van der Waals surface area contributed by atoms with Crippen LogP contribution in [0.2, 0.25) is 0 Å². The maximum absolute atomic E-state index is 5.75. The number of ether oxygens (including phenoxy) is 1. The van der Waals surface area contributed by atoms with Crippen molar-refractivity contribution in [2.45, 2.75) is 45.4 Å². The van der Waals surface area contributed by atoms with Crippen molar-refractivity contribution in [2.75, 3.05) is 14.1 Å². The summed E-state index contributed by atoms with van der Waals surface area (Å²) in [5.41, 5.74) is 0. The van der Waals surface area contributed by atoms with Crippen LogP contribution in [-0.2, 0) is 4.74 Å². The molecule has 1 heterocycles. The van der Waals surface area contributed by atoms with E-state index in [1.54, 1.807) is 0 Å². The lowest BCUT2D eigenvalue weighted by atomic mass is 9.88. The van der Waals surface area contributed by atoms with Gasteiger partial charge in [-0.1, -0.05) is 6.92 Å². The van der Waals surface area contributed by atoms with Gasteiger partial charge in [0.2, 0.25) is 0 Å². The molecule has 1 aliphatic rings. The molecule has 0 N–H and O–H groups in total. The second-order valence-electron chi connectivity index (χ2n) is 4.28. The van der Waals surface area contributed by atoms with Crippen LogP contribution in [0.25, 0.3) is 0 Å². The lowest BCUT2D eigenvalue weighted by Gasteiger charge is -2.41. The highest BCUT2D eigenvalue weighted by Crippen LogP contribution is 2.27. The molecular weight excluding hydrogens is 150 g/mol. The third-order valence-corrected chi connectivity index (χ3v) is 3.03. The molecule has 1 aliphatic heterocycles. The van der Waals surface area contributed by atoms with Crippen molar-refractivity contribution in [3.8, 4) is 0 Å².